The van der Waals surface area contributed by atoms with Crippen molar-refractivity contribution in [1.29, 1.82) is 0 Å². The van der Waals surface area contributed by atoms with Crippen molar-refractivity contribution in [3.05, 3.63) is 0 Å². The Morgan fingerprint density at radius 3 is 2.25 bits per heavy atom. The molecule has 1 aliphatic rings. The molecule has 1 saturated heterocycles. The lowest BCUT2D eigenvalue weighted by Gasteiger charge is -2.18. The van der Waals surface area contributed by atoms with Crippen molar-refractivity contribution in [2.45, 2.75) is 24.6 Å². The monoisotopic (exact) mass is 178 g/mol. The second-order valence-electron chi connectivity index (χ2n) is 2.65. The highest BCUT2D eigenvalue weighted by Gasteiger charge is 2.44. The van der Waals surface area contributed by atoms with Crippen molar-refractivity contribution in [1.82, 2.24) is 0 Å². The van der Waals surface area contributed by atoms with E-state index >= 15 is 0 Å². The van der Waals surface area contributed by atoms with Gasteiger partial charge >= 0.3 is 0 Å². The van der Waals surface area contributed by atoms with E-state index in [0.717, 1.165) is 0 Å². The number of aliphatic hydroxyl groups is 2. The number of aliphatic hydroxyl groups excluding tert-OH is 2. The zero-order chi connectivity index (χ0) is 9.14. The fourth-order valence-electron chi connectivity index (χ4n) is 1.39. The maximum Gasteiger partial charge on any atom is 0.184 e. The summed E-state index contributed by atoms with van der Waals surface area (Å²) in [6, 6.07) is 0. The highest BCUT2D eigenvalue weighted by atomic mass is 16.7. The predicted molar refractivity (Wildman–Crippen MR) is 39.6 cm³/mol. The van der Waals surface area contributed by atoms with Crippen molar-refractivity contribution in [3.8, 4) is 0 Å². The van der Waals surface area contributed by atoms with Gasteiger partial charge in [0.05, 0.1) is 6.61 Å². The molecule has 0 aromatic rings. The molecule has 0 amide bonds. The zero-order valence-corrected chi connectivity index (χ0v) is 7.14. The second-order valence-corrected chi connectivity index (χ2v) is 2.65. The molecule has 1 heterocycles. The second kappa shape index (κ2) is 4.15. The average Bonchev–Trinajstić information content (AvgIpc) is 2.40. The Labute approximate surface area is 70.9 Å². The molecular weight excluding hydrogens is 164 g/mol. The van der Waals surface area contributed by atoms with Crippen molar-refractivity contribution in [2.24, 2.45) is 0 Å². The van der Waals surface area contributed by atoms with Gasteiger partial charge in [-0.25, -0.2) is 0 Å². The molecule has 5 nitrogen and oxygen atoms in total. The summed E-state index contributed by atoms with van der Waals surface area (Å²) in [4.78, 5) is 0. The van der Waals surface area contributed by atoms with Crippen LogP contribution in [0.3, 0.4) is 0 Å². The summed E-state index contributed by atoms with van der Waals surface area (Å²) in [7, 11) is 2.95. The van der Waals surface area contributed by atoms with Crippen LogP contribution in [0.25, 0.3) is 0 Å². The SMILES string of the molecule is CO[C@@H]1[C@@H](OC)[C@H](CO)O[C@H]1O. The number of hydrogen-bond acceptors (Lipinski definition) is 5. The van der Waals surface area contributed by atoms with Crippen molar-refractivity contribution in [3.63, 3.8) is 0 Å². The van der Waals surface area contributed by atoms with Gasteiger partial charge in [-0.1, -0.05) is 0 Å². The van der Waals surface area contributed by atoms with Gasteiger partial charge in [0, 0.05) is 14.2 Å². The standard InChI is InChI=1S/C7H14O5/c1-10-5-4(3-8)12-7(9)6(5)11-2/h4-9H,3H2,1-2H3/t4-,5-,6+,7+/m0/s1. The van der Waals surface area contributed by atoms with E-state index in [1.54, 1.807) is 0 Å². The van der Waals surface area contributed by atoms with Crippen LogP contribution in [0.5, 0.6) is 0 Å². The molecule has 5 heteroatoms. The van der Waals surface area contributed by atoms with Gasteiger partial charge in [0.1, 0.15) is 18.3 Å². The smallest absolute Gasteiger partial charge is 0.184 e. The van der Waals surface area contributed by atoms with E-state index in [-0.39, 0.29) is 6.61 Å². The minimum Gasteiger partial charge on any atom is -0.394 e. The molecule has 0 aromatic heterocycles. The molecule has 1 aliphatic heterocycles. The Morgan fingerprint density at radius 1 is 1.25 bits per heavy atom. The van der Waals surface area contributed by atoms with Gasteiger partial charge in [-0.15, -0.1) is 0 Å². The molecule has 0 unspecified atom stereocenters. The summed E-state index contributed by atoms with van der Waals surface area (Å²) < 4.78 is 14.9. The summed E-state index contributed by atoms with van der Waals surface area (Å²) in [6.07, 6.45) is -2.45. The largest absolute Gasteiger partial charge is 0.394 e. The summed E-state index contributed by atoms with van der Waals surface area (Å²) in [6.45, 7) is -0.185. The number of hydrogen-bond donors (Lipinski definition) is 2. The van der Waals surface area contributed by atoms with E-state index in [9.17, 15) is 5.11 Å². The Kier molecular flexibility index (Phi) is 3.42. The van der Waals surface area contributed by atoms with Crippen molar-refractivity contribution < 1.29 is 24.4 Å². The van der Waals surface area contributed by atoms with Gasteiger partial charge in [0.25, 0.3) is 0 Å². The molecule has 1 rings (SSSR count). The topological polar surface area (TPSA) is 68.2 Å². The van der Waals surface area contributed by atoms with Crippen LogP contribution in [0.15, 0.2) is 0 Å². The Hall–Kier alpha value is -0.200. The lowest BCUT2D eigenvalue weighted by atomic mass is 10.1. The predicted octanol–water partition coefficient (Wildman–Crippen LogP) is -1.27. The first-order chi connectivity index (χ1) is 5.74. The average molecular weight is 178 g/mol. The van der Waals surface area contributed by atoms with Crippen LogP contribution >= 0.6 is 0 Å². The van der Waals surface area contributed by atoms with Gasteiger partial charge in [0.2, 0.25) is 0 Å². The lowest BCUT2D eigenvalue weighted by Crippen LogP contribution is -2.37. The van der Waals surface area contributed by atoms with Crippen LogP contribution < -0.4 is 0 Å². The minimum atomic E-state index is -1.02. The Morgan fingerprint density at radius 2 is 1.83 bits per heavy atom. The van der Waals surface area contributed by atoms with Crippen molar-refractivity contribution >= 4 is 0 Å². The van der Waals surface area contributed by atoms with Crippen LogP contribution in [-0.4, -0.2) is 55.6 Å². The zero-order valence-electron chi connectivity index (χ0n) is 7.14. The molecule has 0 aliphatic carbocycles. The van der Waals surface area contributed by atoms with Crippen LogP contribution in [0.4, 0.5) is 0 Å². The molecule has 0 spiro atoms. The highest BCUT2D eigenvalue weighted by molar-refractivity contribution is 4.87. The third-order valence-electron chi connectivity index (χ3n) is 2.01. The first-order valence-electron chi connectivity index (χ1n) is 3.74. The quantitative estimate of drug-likeness (QED) is 0.563. The molecule has 72 valence electrons. The molecule has 1 fully saturated rings. The molecule has 0 bridgehead atoms. The van der Waals surface area contributed by atoms with Gasteiger partial charge in [0.15, 0.2) is 6.29 Å². The van der Waals surface area contributed by atoms with E-state index in [0.29, 0.717) is 0 Å². The highest BCUT2D eigenvalue weighted by Crippen LogP contribution is 2.23. The van der Waals surface area contributed by atoms with Crippen LogP contribution in [0, 0.1) is 0 Å². The molecule has 0 saturated carbocycles. The van der Waals surface area contributed by atoms with Gasteiger partial charge in [-0.2, -0.15) is 0 Å². The summed E-state index contributed by atoms with van der Waals surface area (Å²) in [5.41, 5.74) is 0. The summed E-state index contributed by atoms with van der Waals surface area (Å²) >= 11 is 0. The van der Waals surface area contributed by atoms with E-state index in [4.69, 9.17) is 19.3 Å². The normalized spacial score (nSPS) is 42.0. The number of ether oxygens (including phenoxy) is 3. The molecule has 0 radical (unpaired) electrons. The first kappa shape index (κ1) is 9.88. The van der Waals surface area contributed by atoms with Crippen molar-refractivity contribution in [2.75, 3.05) is 20.8 Å². The van der Waals surface area contributed by atoms with Gasteiger partial charge < -0.3 is 24.4 Å². The third-order valence-corrected chi connectivity index (χ3v) is 2.01. The Bertz CT molecular complexity index is 140. The summed E-state index contributed by atoms with van der Waals surface area (Å²) in [5, 5.41) is 18.1. The molecule has 12 heavy (non-hydrogen) atoms. The molecule has 4 atom stereocenters. The van der Waals surface area contributed by atoms with E-state index < -0.39 is 24.6 Å². The Balaban J connectivity index is 2.61. The maximum absolute atomic E-state index is 9.25. The fourth-order valence-corrected chi connectivity index (χ4v) is 1.39. The van der Waals surface area contributed by atoms with Gasteiger partial charge in [-0.3, -0.25) is 0 Å². The van der Waals surface area contributed by atoms with Crippen LogP contribution in [-0.2, 0) is 14.2 Å². The van der Waals surface area contributed by atoms with Crippen LogP contribution in [0.2, 0.25) is 0 Å². The lowest BCUT2D eigenvalue weighted by molar-refractivity contribution is -0.140. The first-order valence-corrected chi connectivity index (χ1v) is 3.74. The van der Waals surface area contributed by atoms with Crippen LogP contribution in [0.1, 0.15) is 0 Å². The van der Waals surface area contributed by atoms with Gasteiger partial charge in [-0.05, 0) is 0 Å². The summed E-state index contributed by atoms with van der Waals surface area (Å²) in [5.74, 6) is 0. The maximum atomic E-state index is 9.25. The molecule has 2 N–H and O–H groups in total. The number of methoxy groups -OCH3 is 2. The number of rotatable bonds is 3. The fraction of sp³-hybridized carbons (Fsp3) is 1.00. The third kappa shape index (κ3) is 1.60. The van der Waals surface area contributed by atoms with E-state index in [1.165, 1.54) is 14.2 Å². The minimum absolute atomic E-state index is 0.185. The van der Waals surface area contributed by atoms with E-state index in [2.05, 4.69) is 0 Å². The molecule has 0 aromatic carbocycles. The molecular formula is C7H14O5. The van der Waals surface area contributed by atoms with E-state index in [1.807, 2.05) is 0 Å².